The van der Waals surface area contributed by atoms with Crippen LogP contribution in [-0.4, -0.2) is 17.4 Å². The Morgan fingerprint density at radius 2 is 1.83 bits per heavy atom. The van der Waals surface area contributed by atoms with Crippen molar-refractivity contribution in [1.29, 1.82) is 0 Å². The van der Waals surface area contributed by atoms with E-state index in [0.717, 1.165) is 16.7 Å². The number of benzene rings is 2. The monoisotopic (exact) mass is 314 g/mol. The van der Waals surface area contributed by atoms with Crippen LogP contribution in [0.3, 0.4) is 0 Å². The maximum Gasteiger partial charge on any atom is 0.271 e. The van der Waals surface area contributed by atoms with Crippen LogP contribution in [0, 0.1) is 30.9 Å². The van der Waals surface area contributed by atoms with Gasteiger partial charge >= 0.3 is 0 Å². The van der Waals surface area contributed by atoms with Crippen molar-refractivity contribution in [3.63, 3.8) is 0 Å². The van der Waals surface area contributed by atoms with E-state index in [1.54, 1.807) is 6.07 Å². The molecule has 2 aromatic carbocycles. The summed E-state index contributed by atoms with van der Waals surface area (Å²) in [5.41, 5.74) is 3.50. The Labute approximate surface area is 134 Å². The lowest BCUT2D eigenvalue weighted by molar-refractivity contribution is -0.384. The Balaban J connectivity index is 1.99. The fourth-order valence-electron chi connectivity index (χ4n) is 2.13. The molecule has 2 rings (SSSR count). The minimum absolute atomic E-state index is 0.0753. The van der Waals surface area contributed by atoms with Crippen molar-refractivity contribution in [3.8, 4) is 5.75 Å². The second-order valence-corrected chi connectivity index (χ2v) is 5.35. The summed E-state index contributed by atoms with van der Waals surface area (Å²) >= 11 is 0. The highest BCUT2D eigenvalue weighted by Crippen LogP contribution is 2.22. The van der Waals surface area contributed by atoms with Crippen molar-refractivity contribution in [2.24, 2.45) is 0 Å². The number of carbonyl (C=O) groups is 1. The lowest BCUT2D eigenvalue weighted by Crippen LogP contribution is -2.20. The van der Waals surface area contributed by atoms with Gasteiger partial charge in [0.15, 0.2) is 6.61 Å². The predicted octanol–water partition coefficient (Wildman–Crippen LogP) is 3.54. The lowest BCUT2D eigenvalue weighted by atomic mass is 10.1. The van der Waals surface area contributed by atoms with Gasteiger partial charge in [-0.25, -0.2) is 0 Å². The van der Waals surface area contributed by atoms with Crippen molar-refractivity contribution >= 4 is 17.3 Å². The molecule has 23 heavy (non-hydrogen) atoms. The fourth-order valence-corrected chi connectivity index (χ4v) is 2.13. The van der Waals surface area contributed by atoms with E-state index in [-0.39, 0.29) is 18.2 Å². The lowest BCUT2D eigenvalue weighted by Gasteiger charge is -2.12. The van der Waals surface area contributed by atoms with Crippen LogP contribution in [0.15, 0.2) is 36.4 Å². The molecule has 0 aliphatic carbocycles. The summed E-state index contributed by atoms with van der Waals surface area (Å²) in [5.74, 6) is 0.283. The number of nitrogens with zero attached hydrogens (tertiary/aromatic N) is 1. The molecule has 120 valence electrons. The number of nitro groups is 1. The van der Waals surface area contributed by atoms with Gasteiger partial charge in [-0.1, -0.05) is 12.1 Å². The van der Waals surface area contributed by atoms with Crippen LogP contribution < -0.4 is 10.1 Å². The molecule has 0 radical (unpaired) electrons. The molecule has 0 spiro atoms. The SMILES string of the molecule is Cc1cc(C)c(OCC(=O)Nc2cccc([N+](=O)[O-])c2)cc1C. The average Bonchev–Trinajstić information content (AvgIpc) is 2.50. The first kappa shape index (κ1) is 16.5. The van der Waals surface area contributed by atoms with Crippen molar-refractivity contribution in [2.45, 2.75) is 20.8 Å². The molecule has 0 fully saturated rings. The number of anilines is 1. The number of non-ortho nitro benzene ring substituents is 1. The highest BCUT2D eigenvalue weighted by Gasteiger charge is 2.10. The number of hydrogen-bond acceptors (Lipinski definition) is 4. The summed E-state index contributed by atoms with van der Waals surface area (Å²) in [6.45, 7) is 5.75. The van der Waals surface area contributed by atoms with E-state index in [0.29, 0.717) is 11.4 Å². The molecule has 0 unspecified atom stereocenters. The molecule has 1 N–H and O–H groups in total. The number of hydrogen-bond donors (Lipinski definition) is 1. The number of ether oxygens (including phenoxy) is 1. The fraction of sp³-hybridized carbons (Fsp3) is 0.235. The number of nitrogens with one attached hydrogen (secondary N) is 1. The summed E-state index contributed by atoms with van der Waals surface area (Å²) in [6, 6.07) is 9.67. The molecule has 2 aromatic rings. The molecule has 0 saturated carbocycles. The third-order valence-corrected chi connectivity index (χ3v) is 3.49. The summed E-state index contributed by atoms with van der Waals surface area (Å²) in [6.07, 6.45) is 0. The number of aryl methyl sites for hydroxylation is 3. The maximum absolute atomic E-state index is 11.9. The van der Waals surface area contributed by atoms with Crippen molar-refractivity contribution in [2.75, 3.05) is 11.9 Å². The van der Waals surface area contributed by atoms with E-state index in [1.165, 1.54) is 18.2 Å². The minimum Gasteiger partial charge on any atom is -0.483 e. The zero-order valence-electron chi connectivity index (χ0n) is 13.3. The van der Waals surface area contributed by atoms with Crippen LogP contribution in [0.4, 0.5) is 11.4 Å². The topological polar surface area (TPSA) is 81.5 Å². The van der Waals surface area contributed by atoms with E-state index in [1.807, 2.05) is 32.9 Å². The molecule has 0 aromatic heterocycles. The van der Waals surface area contributed by atoms with Gasteiger partial charge in [-0.15, -0.1) is 0 Å². The van der Waals surface area contributed by atoms with Crippen LogP contribution in [-0.2, 0) is 4.79 Å². The Bertz CT molecular complexity index is 756. The molecule has 0 aliphatic heterocycles. The van der Waals surface area contributed by atoms with Crippen LogP contribution in [0.2, 0.25) is 0 Å². The van der Waals surface area contributed by atoms with Crippen LogP contribution in [0.5, 0.6) is 5.75 Å². The maximum atomic E-state index is 11.9. The van der Waals surface area contributed by atoms with E-state index >= 15 is 0 Å². The number of amides is 1. The summed E-state index contributed by atoms with van der Waals surface area (Å²) in [5, 5.41) is 13.3. The van der Waals surface area contributed by atoms with Gasteiger partial charge < -0.3 is 10.1 Å². The van der Waals surface area contributed by atoms with E-state index in [4.69, 9.17) is 4.74 Å². The van der Waals surface area contributed by atoms with Gasteiger partial charge in [0.05, 0.1) is 4.92 Å². The highest BCUT2D eigenvalue weighted by molar-refractivity contribution is 5.92. The van der Waals surface area contributed by atoms with Crippen LogP contribution in [0.1, 0.15) is 16.7 Å². The molecule has 0 atom stereocenters. The zero-order valence-corrected chi connectivity index (χ0v) is 13.3. The molecule has 0 bridgehead atoms. The molecule has 6 nitrogen and oxygen atoms in total. The molecule has 1 amide bonds. The molecule has 6 heteroatoms. The largest absolute Gasteiger partial charge is 0.483 e. The van der Waals surface area contributed by atoms with Gasteiger partial charge in [0, 0.05) is 17.8 Å². The first-order valence-electron chi connectivity index (χ1n) is 7.12. The predicted molar refractivity (Wildman–Crippen MR) is 87.9 cm³/mol. The smallest absolute Gasteiger partial charge is 0.271 e. The van der Waals surface area contributed by atoms with Gasteiger partial charge in [0.25, 0.3) is 11.6 Å². The summed E-state index contributed by atoms with van der Waals surface area (Å²) in [7, 11) is 0. The van der Waals surface area contributed by atoms with Crippen molar-refractivity contribution < 1.29 is 14.5 Å². The third-order valence-electron chi connectivity index (χ3n) is 3.49. The Hall–Kier alpha value is -2.89. The molecule has 0 aliphatic rings. The standard InChI is InChI=1S/C17H18N2O4/c1-11-7-13(3)16(8-12(11)2)23-10-17(20)18-14-5-4-6-15(9-14)19(21)22/h4-9H,10H2,1-3H3,(H,18,20). The van der Waals surface area contributed by atoms with E-state index < -0.39 is 4.92 Å². The van der Waals surface area contributed by atoms with Crippen molar-refractivity contribution in [1.82, 2.24) is 0 Å². The van der Waals surface area contributed by atoms with Gasteiger partial charge in [-0.3, -0.25) is 14.9 Å². The number of rotatable bonds is 5. The van der Waals surface area contributed by atoms with Crippen molar-refractivity contribution in [3.05, 3.63) is 63.2 Å². The van der Waals surface area contributed by atoms with Gasteiger partial charge in [0.1, 0.15) is 5.75 Å². The Morgan fingerprint density at radius 3 is 2.52 bits per heavy atom. The zero-order chi connectivity index (χ0) is 17.0. The molecular formula is C17H18N2O4. The van der Waals surface area contributed by atoms with E-state index in [2.05, 4.69) is 5.32 Å². The number of carbonyl (C=O) groups excluding carboxylic acids is 1. The second kappa shape index (κ2) is 6.91. The molecular weight excluding hydrogens is 296 g/mol. The molecule has 0 saturated heterocycles. The van der Waals surface area contributed by atoms with Crippen LogP contribution in [0.25, 0.3) is 0 Å². The summed E-state index contributed by atoms with van der Waals surface area (Å²) in [4.78, 5) is 22.1. The third kappa shape index (κ3) is 4.29. The average molecular weight is 314 g/mol. The highest BCUT2D eigenvalue weighted by atomic mass is 16.6. The quantitative estimate of drug-likeness (QED) is 0.676. The normalized spacial score (nSPS) is 10.2. The Kier molecular flexibility index (Phi) is 4.95. The first-order chi connectivity index (χ1) is 10.9. The second-order valence-electron chi connectivity index (χ2n) is 5.35. The minimum atomic E-state index is -0.509. The van der Waals surface area contributed by atoms with Gasteiger partial charge in [-0.05, 0) is 49.6 Å². The molecule has 0 heterocycles. The summed E-state index contributed by atoms with van der Waals surface area (Å²) < 4.78 is 5.54. The first-order valence-corrected chi connectivity index (χ1v) is 7.12. The van der Waals surface area contributed by atoms with Crippen LogP contribution >= 0.6 is 0 Å². The van der Waals surface area contributed by atoms with Gasteiger partial charge in [0.2, 0.25) is 0 Å². The van der Waals surface area contributed by atoms with E-state index in [9.17, 15) is 14.9 Å². The Morgan fingerprint density at radius 1 is 1.13 bits per heavy atom. The number of nitro benzene ring substituents is 1. The van der Waals surface area contributed by atoms with Gasteiger partial charge in [-0.2, -0.15) is 0 Å².